The molecule has 1 aliphatic rings. The zero-order valence-electron chi connectivity index (χ0n) is 11.7. The lowest BCUT2D eigenvalue weighted by atomic mass is 9.88. The summed E-state index contributed by atoms with van der Waals surface area (Å²) < 4.78 is 0.749. The first-order chi connectivity index (χ1) is 9.56. The van der Waals surface area contributed by atoms with Gasteiger partial charge in [-0.3, -0.25) is 4.79 Å². The van der Waals surface area contributed by atoms with E-state index in [1.807, 2.05) is 27.5 Å². The molecule has 1 fully saturated rings. The van der Waals surface area contributed by atoms with Gasteiger partial charge < -0.3 is 15.7 Å². The molecule has 0 bridgehead atoms. The van der Waals surface area contributed by atoms with Crippen LogP contribution < -0.4 is 5.73 Å². The zero-order chi connectivity index (χ0) is 14.7. The number of rotatable bonds is 3. The fourth-order valence-electron chi connectivity index (χ4n) is 2.81. The third kappa shape index (κ3) is 3.25. The van der Waals surface area contributed by atoms with Crippen LogP contribution in [0.2, 0.25) is 0 Å². The summed E-state index contributed by atoms with van der Waals surface area (Å²) >= 11 is 2.04. The highest BCUT2D eigenvalue weighted by Gasteiger charge is 2.30. The molecule has 0 radical (unpaired) electrons. The Morgan fingerprint density at radius 3 is 2.90 bits per heavy atom. The van der Waals surface area contributed by atoms with Crippen LogP contribution >= 0.6 is 22.6 Å². The number of hydrogen-bond donors (Lipinski definition) is 2. The molecule has 0 saturated carbocycles. The Balaban J connectivity index is 2.17. The van der Waals surface area contributed by atoms with Crippen LogP contribution in [0.4, 0.5) is 0 Å². The van der Waals surface area contributed by atoms with E-state index in [-0.39, 0.29) is 17.7 Å². The minimum Gasteiger partial charge on any atom is -0.507 e. The van der Waals surface area contributed by atoms with Crippen LogP contribution in [0.15, 0.2) is 18.2 Å². The highest BCUT2D eigenvalue weighted by molar-refractivity contribution is 14.1. The number of nitrogens with two attached hydrogens (primary N) is 1. The number of aromatic hydroxyl groups is 1. The van der Waals surface area contributed by atoms with Crippen molar-refractivity contribution < 1.29 is 9.90 Å². The van der Waals surface area contributed by atoms with E-state index >= 15 is 0 Å². The normalized spacial score (nSPS) is 22.9. The molecule has 0 aromatic heterocycles. The monoisotopic (exact) mass is 388 g/mol. The third-order valence-corrected chi connectivity index (χ3v) is 5.04. The van der Waals surface area contributed by atoms with Gasteiger partial charge in [-0.05, 0) is 59.5 Å². The second-order valence-corrected chi connectivity index (χ2v) is 6.52. The molecule has 1 aromatic carbocycles. The second-order valence-electron chi connectivity index (χ2n) is 5.35. The average molecular weight is 388 g/mol. The highest BCUT2D eigenvalue weighted by Crippen LogP contribution is 2.27. The first-order valence-corrected chi connectivity index (χ1v) is 8.14. The number of phenolic OH excluding ortho intramolecular Hbond substituents is 1. The van der Waals surface area contributed by atoms with Crippen molar-refractivity contribution in [1.82, 2.24) is 4.90 Å². The molecule has 1 heterocycles. The Morgan fingerprint density at radius 1 is 1.55 bits per heavy atom. The number of halogens is 1. The van der Waals surface area contributed by atoms with Gasteiger partial charge in [0, 0.05) is 24.7 Å². The Morgan fingerprint density at radius 2 is 2.30 bits per heavy atom. The predicted molar refractivity (Wildman–Crippen MR) is 87.7 cm³/mol. The van der Waals surface area contributed by atoms with Crippen molar-refractivity contribution in [2.45, 2.75) is 32.2 Å². The lowest BCUT2D eigenvalue weighted by Crippen LogP contribution is -2.49. The van der Waals surface area contributed by atoms with Gasteiger partial charge in [-0.1, -0.05) is 13.3 Å². The van der Waals surface area contributed by atoms with Crippen LogP contribution in [0.25, 0.3) is 0 Å². The maximum Gasteiger partial charge on any atom is 0.254 e. The van der Waals surface area contributed by atoms with Gasteiger partial charge in [0.25, 0.3) is 5.91 Å². The first kappa shape index (κ1) is 15.6. The van der Waals surface area contributed by atoms with Crippen LogP contribution in [0.3, 0.4) is 0 Å². The molecule has 1 aromatic rings. The first-order valence-electron chi connectivity index (χ1n) is 7.06. The number of nitrogens with zero attached hydrogens (tertiary/aromatic N) is 1. The summed E-state index contributed by atoms with van der Waals surface area (Å²) in [4.78, 5) is 14.5. The van der Waals surface area contributed by atoms with Gasteiger partial charge in [-0.15, -0.1) is 0 Å². The summed E-state index contributed by atoms with van der Waals surface area (Å²) in [5.74, 6) is 0.795. The van der Waals surface area contributed by atoms with E-state index in [0.29, 0.717) is 18.0 Å². The molecule has 1 aliphatic heterocycles. The van der Waals surface area contributed by atoms with Crippen molar-refractivity contribution in [2.24, 2.45) is 11.7 Å². The van der Waals surface area contributed by atoms with Gasteiger partial charge in [-0.2, -0.15) is 0 Å². The van der Waals surface area contributed by atoms with E-state index in [0.717, 1.165) is 29.4 Å². The molecule has 3 N–H and O–H groups in total. The molecule has 2 rings (SSSR count). The molecular formula is C15H21IN2O2. The Kier molecular flexibility index (Phi) is 5.26. The van der Waals surface area contributed by atoms with Crippen LogP contribution in [-0.2, 0) is 0 Å². The summed E-state index contributed by atoms with van der Waals surface area (Å²) in [5, 5.41) is 9.75. The van der Waals surface area contributed by atoms with Gasteiger partial charge in [0.15, 0.2) is 0 Å². The number of carbonyl (C=O) groups is 1. The van der Waals surface area contributed by atoms with E-state index in [2.05, 4.69) is 6.92 Å². The van der Waals surface area contributed by atoms with Crippen molar-refractivity contribution in [1.29, 1.82) is 0 Å². The number of hydrogen-bond acceptors (Lipinski definition) is 3. The number of phenols is 1. The SMILES string of the molecule is CCC1CCN(C(=O)c2ccc(I)c(O)c2)C(CN)C1. The number of benzene rings is 1. The summed E-state index contributed by atoms with van der Waals surface area (Å²) in [6.07, 6.45) is 3.16. The highest BCUT2D eigenvalue weighted by atomic mass is 127. The van der Waals surface area contributed by atoms with Gasteiger partial charge in [0.1, 0.15) is 5.75 Å². The minimum absolute atomic E-state index is 0.0262. The third-order valence-electron chi connectivity index (χ3n) is 4.13. The summed E-state index contributed by atoms with van der Waals surface area (Å²) in [6.45, 7) is 3.44. The van der Waals surface area contributed by atoms with Gasteiger partial charge in [0.2, 0.25) is 0 Å². The van der Waals surface area contributed by atoms with Crippen molar-refractivity contribution in [2.75, 3.05) is 13.1 Å². The molecule has 1 amide bonds. The standard InChI is InChI=1S/C15H21IN2O2/c1-2-10-5-6-18(12(7-10)9-17)15(20)11-3-4-13(16)14(19)8-11/h3-4,8,10,12,19H,2,5-7,9,17H2,1H3. The van der Waals surface area contributed by atoms with E-state index in [1.165, 1.54) is 0 Å². The maximum atomic E-state index is 12.6. The van der Waals surface area contributed by atoms with E-state index in [4.69, 9.17) is 5.73 Å². The van der Waals surface area contributed by atoms with Crippen LogP contribution in [0.1, 0.15) is 36.5 Å². The van der Waals surface area contributed by atoms with Crippen LogP contribution in [-0.4, -0.2) is 35.0 Å². The molecule has 2 unspecified atom stereocenters. The molecule has 0 spiro atoms. The number of amides is 1. The average Bonchev–Trinajstić information content (AvgIpc) is 2.48. The van der Waals surface area contributed by atoms with Crippen molar-refractivity contribution >= 4 is 28.5 Å². The van der Waals surface area contributed by atoms with Crippen molar-refractivity contribution in [3.05, 3.63) is 27.3 Å². The maximum absolute atomic E-state index is 12.6. The molecule has 5 heteroatoms. The Bertz CT molecular complexity index is 493. The molecule has 4 nitrogen and oxygen atoms in total. The Labute approximate surface area is 133 Å². The van der Waals surface area contributed by atoms with E-state index in [9.17, 15) is 9.90 Å². The molecule has 110 valence electrons. The number of piperidine rings is 1. The molecule has 2 atom stereocenters. The minimum atomic E-state index is -0.0262. The second kappa shape index (κ2) is 6.76. The fourth-order valence-corrected chi connectivity index (χ4v) is 3.14. The van der Waals surface area contributed by atoms with Crippen LogP contribution in [0, 0.1) is 9.49 Å². The fraction of sp³-hybridized carbons (Fsp3) is 0.533. The smallest absolute Gasteiger partial charge is 0.254 e. The van der Waals surface area contributed by atoms with Gasteiger partial charge >= 0.3 is 0 Å². The van der Waals surface area contributed by atoms with Gasteiger partial charge in [-0.25, -0.2) is 0 Å². The molecular weight excluding hydrogens is 367 g/mol. The zero-order valence-corrected chi connectivity index (χ0v) is 13.8. The largest absolute Gasteiger partial charge is 0.507 e. The van der Waals surface area contributed by atoms with E-state index in [1.54, 1.807) is 18.2 Å². The van der Waals surface area contributed by atoms with E-state index < -0.39 is 0 Å². The molecule has 1 saturated heterocycles. The predicted octanol–water partition coefficient (Wildman–Crippen LogP) is 2.59. The summed E-state index contributed by atoms with van der Waals surface area (Å²) in [5.41, 5.74) is 6.37. The lowest BCUT2D eigenvalue weighted by molar-refractivity contribution is 0.0558. The topological polar surface area (TPSA) is 66.6 Å². The number of likely N-dealkylation sites (tertiary alicyclic amines) is 1. The lowest BCUT2D eigenvalue weighted by Gasteiger charge is -2.39. The van der Waals surface area contributed by atoms with Crippen LogP contribution in [0.5, 0.6) is 5.75 Å². The summed E-state index contributed by atoms with van der Waals surface area (Å²) in [7, 11) is 0. The van der Waals surface area contributed by atoms with Gasteiger partial charge in [0.05, 0.1) is 3.57 Å². The molecule has 0 aliphatic carbocycles. The quantitative estimate of drug-likeness (QED) is 0.783. The Hall–Kier alpha value is -0.820. The molecule has 20 heavy (non-hydrogen) atoms. The summed E-state index contributed by atoms with van der Waals surface area (Å²) in [6, 6.07) is 5.19. The number of carbonyl (C=O) groups excluding carboxylic acids is 1. The van der Waals surface area contributed by atoms with Crippen molar-refractivity contribution in [3.63, 3.8) is 0 Å². The van der Waals surface area contributed by atoms with Crippen molar-refractivity contribution in [3.8, 4) is 5.75 Å².